The second-order valence-corrected chi connectivity index (χ2v) is 10.9. The van der Waals surface area contributed by atoms with E-state index in [0.717, 1.165) is 47.5 Å². The number of rotatable bonds is 10. The molecule has 0 radical (unpaired) electrons. The second-order valence-electron chi connectivity index (χ2n) is 10.9. The highest BCUT2D eigenvalue weighted by molar-refractivity contribution is 5.65. The predicted molar refractivity (Wildman–Crippen MR) is 152 cm³/mol. The lowest BCUT2D eigenvalue weighted by Gasteiger charge is -2.32. The first-order valence-electron chi connectivity index (χ1n) is 13.8. The number of allylic oxidation sites excluding steroid dienone is 1. The number of H-pyrrole nitrogens is 1. The largest absolute Gasteiger partial charge is 0.334 e. The van der Waals surface area contributed by atoms with Crippen molar-refractivity contribution < 1.29 is 0 Å². The molecule has 10 heteroatoms. The van der Waals surface area contributed by atoms with Crippen molar-refractivity contribution >= 4 is 6.21 Å². The van der Waals surface area contributed by atoms with Crippen LogP contribution in [0.25, 0.3) is 17.2 Å². The molecule has 0 bridgehead atoms. The van der Waals surface area contributed by atoms with Crippen molar-refractivity contribution in [1.82, 2.24) is 39.5 Å². The number of imidazole rings is 1. The summed E-state index contributed by atoms with van der Waals surface area (Å²) in [7, 11) is 0. The molecule has 4 aromatic rings. The third-order valence-corrected chi connectivity index (χ3v) is 7.51. The maximum absolute atomic E-state index is 14.3. The Kier molecular flexibility index (Phi) is 7.45. The van der Waals surface area contributed by atoms with Crippen LogP contribution in [0.15, 0.2) is 58.7 Å². The van der Waals surface area contributed by atoms with E-state index in [1.165, 1.54) is 0 Å². The van der Waals surface area contributed by atoms with E-state index in [-0.39, 0.29) is 17.6 Å². The number of aromatic amines is 1. The van der Waals surface area contributed by atoms with Crippen LogP contribution in [-0.2, 0) is 18.4 Å². The number of aliphatic imine (C=N–C) groups is 1. The fourth-order valence-corrected chi connectivity index (χ4v) is 5.30. The summed E-state index contributed by atoms with van der Waals surface area (Å²) in [4.78, 5) is 18.7. The Morgan fingerprint density at radius 1 is 1.18 bits per heavy atom. The van der Waals surface area contributed by atoms with Gasteiger partial charge in [-0.1, -0.05) is 51.5 Å². The van der Waals surface area contributed by atoms with Crippen LogP contribution in [0.1, 0.15) is 82.7 Å². The van der Waals surface area contributed by atoms with Crippen molar-refractivity contribution in [2.24, 2.45) is 4.99 Å². The molecule has 3 aromatic heterocycles. The van der Waals surface area contributed by atoms with Crippen molar-refractivity contribution in [1.29, 1.82) is 0 Å². The summed E-state index contributed by atoms with van der Waals surface area (Å²) in [6, 6.07) is 8.29. The molecule has 5 rings (SSSR count). The van der Waals surface area contributed by atoms with Gasteiger partial charge in [-0.05, 0) is 55.9 Å². The molecule has 1 atom stereocenters. The Morgan fingerprint density at radius 3 is 2.69 bits per heavy atom. The standard InChI is InChI=1S/C29H37N9O/c1-6-7-11-24-18-36(27-25(20(2)3)17-31-38(27)21(4)5)28(39)37(24)19-29(12-14-30-15-13-29)23-10-8-9-22(16-23)26-32-34-35-33-26/h8-10,12,14-18,20-21H,6-7,11,13,19H2,1-5H3,(H,32,33,34,35). The smallest absolute Gasteiger partial charge is 0.295 e. The third kappa shape index (κ3) is 5.03. The minimum absolute atomic E-state index is 0.0463. The quantitative estimate of drug-likeness (QED) is 0.312. The van der Waals surface area contributed by atoms with Gasteiger partial charge >= 0.3 is 5.69 Å². The molecule has 0 fully saturated rings. The van der Waals surface area contributed by atoms with E-state index in [1.807, 2.05) is 50.8 Å². The normalized spacial score (nSPS) is 17.1. The highest BCUT2D eigenvalue weighted by Crippen LogP contribution is 2.35. The molecule has 1 N–H and O–H groups in total. The highest BCUT2D eigenvalue weighted by atomic mass is 16.1. The van der Waals surface area contributed by atoms with Crippen molar-refractivity contribution in [2.75, 3.05) is 0 Å². The molecule has 4 heterocycles. The van der Waals surface area contributed by atoms with E-state index in [1.54, 1.807) is 0 Å². The van der Waals surface area contributed by atoms with Crippen LogP contribution in [0.5, 0.6) is 0 Å². The molecule has 39 heavy (non-hydrogen) atoms. The molecule has 0 saturated heterocycles. The Hall–Kier alpha value is -4.08. The summed E-state index contributed by atoms with van der Waals surface area (Å²) in [5.74, 6) is 1.63. The van der Waals surface area contributed by atoms with Crippen molar-refractivity contribution in [3.05, 3.63) is 76.2 Å². The number of nitrogens with one attached hydrogen (secondary N) is 1. The predicted octanol–water partition coefficient (Wildman–Crippen LogP) is 4.99. The number of aromatic nitrogens is 8. The van der Waals surface area contributed by atoms with Gasteiger partial charge in [0.05, 0.1) is 6.20 Å². The average Bonchev–Trinajstić information content (AvgIpc) is 3.68. The van der Waals surface area contributed by atoms with E-state index in [4.69, 9.17) is 0 Å². The summed E-state index contributed by atoms with van der Waals surface area (Å²) >= 11 is 0. The van der Waals surface area contributed by atoms with Gasteiger partial charge in [0.2, 0.25) is 5.82 Å². The SMILES string of the molecule is CCCCc1cn(-c2c(C(C)C)cnn2C(C)C)c(=O)n1CC1(c2cccc(-c3nn[nH]n3)c2)C=CN=CC1. The van der Waals surface area contributed by atoms with Crippen LogP contribution in [-0.4, -0.2) is 45.8 Å². The van der Waals surface area contributed by atoms with Crippen molar-refractivity contribution in [2.45, 2.75) is 84.2 Å². The van der Waals surface area contributed by atoms with Crippen LogP contribution >= 0.6 is 0 Å². The maximum atomic E-state index is 14.3. The first-order chi connectivity index (χ1) is 18.8. The zero-order valence-electron chi connectivity index (χ0n) is 23.4. The van der Waals surface area contributed by atoms with Crippen molar-refractivity contribution in [3.8, 4) is 17.2 Å². The number of unbranched alkanes of at least 4 members (excludes halogenated alkanes) is 1. The molecule has 1 aromatic carbocycles. The summed E-state index contributed by atoms with van der Waals surface area (Å²) < 4.78 is 5.74. The Labute approximate surface area is 228 Å². The lowest BCUT2D eigenvalue weighted by Crippen LogP contribution is -2.37. The minimum Gasteiger partial charge on any atom is -0.295 e. The first kappa shape index (κ1) is 26.5. The summed E-state index contributed by atoms with van der Waals surface area (Å²) in [5, 5.41) is 19.2. The fourth-order valence-electron chi connectivity index (χ4n) is 5.30. The van der Waals surface area contributed by atoms with Crippen LogP contribution < -0.4 is 5.69 Å². The van der Waals surface area contributed by atoms with Gasteiger partial charge in [0, 0.05) is 53.4 Å². The first-order valence-corrected chi connectivity index (χ1v) is 13.8. The summed E-state index contributed by atoms with van der Waals surface area (Å²) in [5.41, 5.74) is 3.53. The number of hydrogen-bond donors (Lipinski definition) is 1. The van der Waals surface area contributed by atoms with Gasteiger partial charge in [-0.25, -0.2) is 9.48 Å². The van der Waals surface area contributed by atoms with Gasteiger partial charge in [0.1, 0.15) is 5.82 Å². The van der Waals surface area contributed by atoms with Crippen LogP contribution in [0.2, 0.25) is 0 Å². The molecule has 0 spiro atoms. The van der Waals surface area contributed by atoms with E-state index < -0.39 is 5.41 Å². The minimum atomic E-state index is -0.461. The molecule has 10 nitrogen and oxygen atoms in total. The fraction of sp³-hybridized carbons (Fsp3) is 0.448. The lowest BCUT2D eigenvalue weighted by atomic mass is 9.76. The summed E-state index contributed by atoms with van der Waals surface area (Å²) in [6.45, 7) is 11.1. The Bertz CT molecular complexity index is 1510. The topological polar surface area (TPSA) is 112 Å². The van der Waals surface area contributed by atoms with E-state index in [9.17, 15) is 4.79 Å². The number of hydrogen-bond acceptors (Lipinski definition) is 6. The Morgan fingerprint density at radius 2 is 2.03 bits per heavy atom. The molecule has 1 unspecified atom stereocenters. The molecular formula is C29H37N9O. The van der Waals surface area contributed by atoms with Crippen LogP contribution in [0.3, 0.4) is 0 Å². The zero-order valence-corrected chi connectivity index (χ0v) is 23.4. The molecule has 1 aliphatic rings. The molecule has 0 saturated carbocycles. The molecular weight excluding hydrogens is 490 g/mol. The van der Waals surface area contributed by atoms with Crippen LogP contribution in [0.4, 0.5) is 0 Å². The van der Waals surface area contributed by atoms with Gasteiger partial charge in [0.25, 0.3) is 0 Å². The molecule has 0 amide bonds. The Balaban J connectivity index is 1.65. The van der Waals surface area contributed by atoms with Crippen molar-refractivity contribution in [3.63, 3.8) is 0 Å². The lowest BCUT2D eigenvalue weighted by molar-refractivity contribution is 0.437. The second kappa shape index (κ2) is 11.0. The van der Waals surface area contributed by atoms with Gasteiger partial charge in [-0.3, -0.25) is 14.1 Å². The van der Waals surface area contributed by atoms with Gasteiger partial charge in [0.15, 0.2) is 0 Å². The molecule has 0 aliphatic carbocycles. The van der Waals surface area contributed by atoms with E-state index in [0.29, 0.717) is 18.8 Å². The van der Waals surface area contributed by atoms with Gasteiger partial charge < -0.3 is 0 Å². The van der Waals surface area contributed by atoms with Gasteiger partial charge in [-0.2, -0.15) is 10.3 Å². The third-order valence-electron chi connectivity index (χ3n) is 7.51. The van der Waals surface area contributed by atoms with Crippen LogP contribution in [0, 0.1) is 0 Å². The number of nitrogens with zero attached hydrogens (tertiary/aromatic N) is 8. The monoisotopic (exact) mass is 527 g/mol. The number of tetrazole rings is 1. The zero-order chi connectivity index (χ0) is 27.6. The maximum Gasteiger partial charge on any atom is 0.334 e. The molecule has 1 aliphatic heterocycles. The van der Waals surface area contributed by atoms with Gasteiger partial charge in [-0.15, -0.1) is 10.2 Å². The summed E-state index contributed by atoms with van der Waals surface area (Å²) in [6.07, 6.45) is 13.4. The average molecular weight is 528 g/mol. The number of aryl methyl sites for hydroxylation is 1. The van der Waals surface area contributed by atoms with E-state index >= 15 is 0 Å². The molecule has 204 valence electrons. The number of benzene rings is 1. The van der Waals surface area contributed by atoms with E-state index in [2.05, 4.69) is 83.5 Å². The highest BCUT2D eigenvalue weighted by Gasteiger charge is 2.33.